The fraction of sp³-hybridized carbons (Fsp3) is 0.364. The van der Waals surface area contributed by atoms with E-state index in [2.05, 4.69) is 0 Å². The van der Waals surface area contributed by atoms with Gasteiger partial charge in [0.2, 0.25) is 0 Å². The molecule has 1 rings (SSSR count). The second kappa shape index (κ2) is 6.34. The number of halogens is 5. The molecule has 0 saturated heterocycles. The van der Waals surface area contributed by atoms with Crippen LogP contribution >= 0.6 is 23.2 Å². The van der Waals surface area contributed by atoms with Crippen LogP contribution in [0.5, 0.6) is 5.75 Å². The van der Waals surface area contributed by atoms with E-state index in [1.165, 1.54) is 6.07 Å². The maximum Gasteiger partial charge on any atom is 0.389 e. The van der Waals surface area contributed by atoms with Crippen molar-refractivity contribution in [2.75, 3.05) is 6.61 Å². The molecule has 0 radical (unpaired) electrons. The lowest BCUT2D eigenvalue weighted by atomic mass is 10.2. The Bertz CT molecular complexity index is 475. The van der Waals surface area contributed by atoms with Crippen LogP contribution in [0.25, 0.3) is 0 Å². The highest BCUT2D eigenvalue weighted by Gasteiger charge is 2.26. The zero-order valence-electron chi connectivity index (χ0n) is 9.43. The molecule has 0 atom stereocenters. The third-order valence-corrected chi connectivity index (χ3v) is 2.59. The van der Waals surface area contributed by atoms with Crippen LogP contribution in [0.2, 0.25) is 10.0 Å². The quantitative estimate of drug-likeness (QED) is 0.818. The van der Waals surface area contributed by atoms with Crippen molar-refractivity contribution in [2.24, 2.45) is 0 Å². The first-order valence-corrected chi connectivity index (χ1v) is 5.88. The van der Waals surface area contributed by atoms with Gasteiger partial charge < -0.3 is 9.84 Å². The van der Waals surface area contributed by atoms with Gasteiger partial charge in [0.1, 0.15) is 5.56 Å². The van der Waals surface area contributed by atoms with Gasteiger partial charge in [0, 0.05) is 11.4 Å². The lowest BCUT2D eigenvalue weighted by Crippen LogP contribution is -2.11. The number of carboxylic acid groups (broad SMARTS) is 1. The summed E-state index contributed by atoms with van der Waals surface area (Å²) >= 11 is 11.4. The fourth-order valence-electron chi connectivity index (χ4n) is 1.31. The SMILES string of the molecule is O=C(O)c1cc(Cl)cc(Cl)c1OCCCC(F)(F)F. The van der Waals surface area contributed by atoms with E-state index < -0.39 is 18.6 Å². The van der Waals surface area contributed by atoms with E-state index in [1.807, 2.05) is 0 Å². The maximum absolute atomic E-state index is 11.9. The largest absolute Gasteiger partial charge is 0.491 e. The van der Waals surface area contributed by atoms with Crippen LogP contribution in [0.15, 0.2) is 12.1 Å². The minimum Gasteiger partial charge on any atom is -0.491 e. The summed E-state index contributed by atoms with van der Waals surface area (Å²) in [6.45, 7) is -0.291. The summed E-state index contributed by atoms with van der Waals surface area (Å²) in [5.74, 6) is -1.50. The molecular formula is C11H9Cl2F3O3. The molecule has 0 aliphatic rings. The summed E-state index contributed by atoms with van der Waals surface area (Å²) in [5, 5.41) is 8.97. The van der Waals surface area contributed by atoms with Gasteiger partial charge in [0.05, 0.1) is 11.6 Å². The average Bonchev–Trinajstić information content (AvgIpc) is 2.24. The molecule has 0 amide bonds. The first-order chi connectivity index (χ1) is 8.70. The molecular weight excluding hydrogens is 308 g/mol. The van der Waals surface area contributed by atoms with Crippen LogP contribution in [-0.4, -0.2) is 23.9 Å². The molecule has 1 N–H and O–H groups in total. The highest BCUT2D eigenvalue weighted by molar-refractivity contribution is 6.36. The summed E-state index contributed by atoms with van der Waals surface area (Å²) in [7, 11) is 0. The molecule has 0 saturated carbocycles. The highest BCUT2D eigenvalue weighted by atomic mass is 35.5. The molecule has 0 fully saturated rings. The normalized spacial score (nSPS) is 11.4. The minimum atomic E-state index is -4.28. The van der Waals surface area contributed by atoms with Gasteiger partial charge in [-0.2, -0.15) is 13.2 Å². The first kappa shape index (κ1) is 15.9. The van der Waals surface area contributed by atoms with E-state index in [0.717, 1.165) is 6.07 Å². The Labute approximate surface area is 116 Å². The van der Waals surface area contributed by atoms with Crippen LogP contribution in [0.4, 0.5) is 13.2 Å². The lowest BCUT2D eigenvalue weighted by molar-refractivity contribution is -0.136. The van der Waals surface area contributed by atoms with Crippen molar-refractivity contribution in [3.05, 3.63) is 27.7 Å². The third-order valence-electron chi connectivity index (χ3n) is 2.09. The van der Waals surface area contributed by atoms with E-state index >= 15 is 0 Å². The summed E-state index contributed by atoms with van der Waals surface area (Å²) in [6, 6.07) is 2.38. The highest BCUT2D eigenvalue weighted by Crippen LogP contribution is 2.33. The van der Waals surface area contributed by atoms with Gasteiger partial charge in [-0.15, -0.1) is 0 Å². The molecule has 19 heavy (non-hydrogen) atoms. The summed E-state index contributed by atoms with van der Waals surface area (Å²) in [6.07, 6.45) is -5.58. The molecule has 1 aromatic carbocycles. The van der Waals surface area contributed by atoms with Crippen molar-refractivity contribution in [2.45, 2.75) is 19.0 Å². The summed E-state index contributed by atoms with van der Waals surface area (Å²) < 4.78 is 40.8. The third kappa shape index (κ3) is 5.16. The number of hydrogen-bond acceptors (Lipinski definition) is 2. The average molecular weight is 317 g/mol. The molecule has 0 aliphatic heterocycles. The number of aromatic carboxylic acids is 1. The maximum atomic E-state index is 11.9. The predicted octanol–water partition coefficient (Wildman–Crippen LogP) is 4.41. The molecule has 0 aliphatic carbocycles. The van der Waals surface area contributed by atoms with E-state index in [1.54, 1.807) is 0 Å². The van der Waals surface area contributed by atoms with Crippen molar-refractivity contribution in [3.63, 3.8) is 0 Å². The Morgan fingerprint density at radius 1 is 1.32 bits per heavy atom. The lowest BCUT2D eigenvalue weighted by Gasteiger charge is -2.12. The second-order valence-electron chi connectivity index (χ2n) is 3.64. The molecule has 0 heterocycles. The van der Waals surface area contributed by atoms with Crippen molar-refractivity contribution < 1.29 is 27.8 Å². The van der Waals surface area contributed by atoms with Gasteiger partial charge in [-0.25, -0.2) is 4.79 Å². The minimum absolute atomic E-state index is 0.0584. The number of carboxylic acids is 1. The Kier molecular flexibility index (Phi) is 5.31. The molecule has 1 aromatic rings. The molecule has 0 bridgehead atoms. The Balaban J connectivity index is 2.75. The number of ether oxygens (including phenoxy) is 1. The van der Waals surface area contributed by atoms with Gasteiger partial charge in [0.25, 0.3) is 0 Å². The molecule has 8 heteroatoms. The van der Waals surface area contributed by atoms with Gasteiger partial charge >= 0.3 is 12.1 Å². The van der Waals surface area contributed by atoms with Crippen LogP contribution in [0.1, 0.15) is 23.2 Å². The van der Waals surface area contributed by atoms with E-state index in [0.29, 0.717) is 0 Å². The smallest absolute Gasteiger partial charge is 0.389 e. The second-order valence-corrected chi connectivity index (χ2v) is 4.48. The van der Waals surface area contributed by atoms with E-state index in [-0.39, 0.29) is 34.4 Å². The van der Waals surface area contributed by atoms with Crippen LogP contribution in [-0.2, 0) is 0 Å². The van der Waals surface area contributed by atoms with Gasteiger partial charge in [-0.05, 0) is 18.6 Å². The molecule has 0 spiro atoms. The van der Waals surface area contributed by atoms with Gasteiger partial charge in [-0.3, -0.25) is 0 Å². The topological polar surface area (TPSA) is 46.5 Å². The summed E-state index contributed by atoms with van der Waals surface area (Å²) in [5.41, 5.74) is -0.287. The number of hydrogen-bond donors (Lipinski definition) is 1. The standard InChI is InChI=1S/C11H9Cl2F3O3/c12-6-4-7(10(17)18)9(8(13)5-6)19-3-1-2-11(14,15)16/h4-5H,1-3H2,(H,17,18). The van der Waals surface area contributed by atoms with Crippen molar-refractivity contribution in [1.29, 1.82) is 0 Å². The van der Waals surface area contributed by atoms with Crippen LogP contribution < -0.4 is 4.74 Å². The van der Waals surface area contributed by atoms with Crippen LogP contribution in [0, 0.1) is 0 Å². The molecule has 3 nitrogen and oxygen atoms in total. The Morgan fingerprint density at radius 3 is 2.47 bits per heavy atom. The van der Waals surface area contributed by atoms with Gasteiger partial charge in [-0.1, -0.05) is 23.2 Å². The number of carbonyl (C=O) groups is 1. The van der Waals surface area contributed by atoms with Crippen molar-refractivity contribution in [3.8, 4) is 5.75 Å². The van der Waals surface area contributed by atoms with Crippen molar-refractivity contribution in [1.82, 2.24) is 0 Å². The fourth-order valence-corrected chi connectivity index (χ4v) is 1.86. The molecule has 0 unspecified atom stereocenters. The Hall–Kier alpha value is -1.14. The Morgan fingerprint density at radius 2 is 1.95 bits per heavy atom. The zero-order chi connectivity index (χ0) is 14.6. The predicted molar refractivity (Wildman–Crippen MR) is 64.2 cm³/mol. The van der Waals surface area contributed by atoms with E-state index in [4.69, 9.17) is 33.0 Å². The number of benzene rings is 1. The molecule has 106 valence electrons. The number of rotatable bonds is 5. The monoisotopic (exact) mass is 316 g/mol. The first-order valence-electron chi connectivity index (χ1n) is 5.12. The summed E-state index contributed by atoms with van der Waals surface area (Å²) in [4.78, 5) is 10.9. The molecule has 0 aromatic heterocycles. The zero-order valence-corrected chi connectivity index (χ0v) is 10.9. The number of alkyl halides is 3. The van der Waals surface area contributed by atoms with Crippen LogP contribution in [0.3, 0.4) is 0 Å². The van der Waals surface area contributed by atoms with E-state index in [9.17, 15) is 18.0 Å². The van der Waals surface area contributed by atoms with Crippen molar-refractivity contribution >= 4 is 29.2 Å². The van der Waals surface area contributed by atoms with Gasteiger partial charge in [0.15, 0.2) is 5.75 Å².